The Labute approximate surface area is 182 Å². The molecule has 9 heteroatoms. The molecule has 3 rings (SSSR count). The number of ether oxygens (including phenoxy) is 3. The van der Waals surface area contributed by atoms with E-state index >= 15 is 0 Å². The minimum atomic E-state index is -0.512. The molecular weight excluding hydrogens is 429 g/mol. The first-order chi connectivity index (χ1) is 14.4. The molecule has 0 bridgehead atoms. The van der Waals surface area contributed by atoms with E-state index in [1.807, 2.05) is 6.92 Å². The molecule has 1 heterocycles. The van der Waals surface area contributed by atoms with Gasteiger partial charge in [0.15, 0.2) is 22.4 Å². The average Bonchev–Trinajstić information content (AvgIpc) is 3.00. The third-order valence-corrected chi connectivity index (χ3v) is 5.30. The molecule has 156 valence electrons. The number of nitrogens with zero attached hydrogens (tertiary/aromatic N) is 1. The minimum Gasteiger partial charge on any atom is -0.490 e. The van der Waals surface area contributed by atoms with Gasteiger partial charge in [-0.25, -0.2) is 9.18 Å². The summed E-state index contributed by atoms with van der Waals surface area (Å²) in [6.07, 6.45) is 1.67. The van der Waals surface area contributed by atoms with Crippen LogP contribution in [-0.4, -0.2) is 36.5 Å². The third kappa shape index (κ3) is 4.98. The van der Waals surface area contributed by atoms with Gasteiger partial charge < -0.3 is 14.2 Å². The summed E-state index contributed by atoms with van der Waals surface area (Å²) in [6.45, 7) is 1.96. The maximum atomic E-state index is 13.6. The van der Waals surface area contributed by atoms with Crippen molar-refractivity contribution >= 4 is 51.9 Å². The molecule has 0 unspecified atom stereocenters. The Morgan fingerprint density at radius 2 is 2.00 bits per heavy atom. The quantitative estimate of drug-likeness (QED) is 0.358. The van der Waals surface area contributed by atoms with E-state index in [9.17, 15) is 14.0 Å². The van der Waals surface area contributed by atoms with Gasteiger partial charge in [0.2, 0.25) is 0 Å². The lowest BCUT2D eigenvalue weighted by atomic mass is 10.1. The van der Waals surface area contributed by atoms with Crippen LogP contribution in [0.25, 0.3) is 6.08 Å². The van der Waals surface area contributed by atoms with E-state index in [0.29, 0.717) is 38.6 Å². The molecule has 1 fully saturated rings. The zero-order valence-corrected chi connectivity index (χ0v) is 17.8. The average molecular weight is 448 g/mol. The largest absolute Gasteiger partial charge is 0.490 e. The van der Waals surface area contributed by atoms with Crippen LogP contribution in [0, 0.1) is 5.82 Å². The van der Waals surface area contributed by atoms with Crippen molar-refractivity contribution in [3.05, 3.63) is 58.8 Å². The fourth-order valence-electron chi connectivity index (χ4n) is 2.65. The zero-order valence-electron chi connectivity index (χ0n) is 16.2. The molecule has 0 saturated carbocycles. The fraction of sp³-hybridized carbons (Fsp3) is 0.190. The number of esters is 1. The van der Waals surface area contributed by atoms with Crippen molar-refractivity contribution in [2.45, 2.75) is 6.92 Å². The molecule has 6 nitrogen and oxygen atoms in total. The van der Waals surface area contributed by atoms with Gasteiger partial charge in [-0.3, -0.25) is 9.69 Å². The number of benzene rings is 2. The van der Waals surface area contributed by atoms with Crippen LogP contribution >= 0.6 is 24.0 Å². The molecule has 2 aromatic carbocycles. The van der Waals surface area contributed by atoms with Crippen molar-refractivity contribution in [1.29, 1.82) is 0 Å². The van der Waals surface area contributed by atoms with Crippen molar-refractivity contribution in [1.82, 2.24) is 0 Å². The van der Waals surface area contributed by atoms with E-state index in [2.05, 4.69) is 4.74 Å². The first kappa shape index (κ1) is 21.8. The topological polar surface area (TPSA) is 65.1 Å². The number of hydrogen-bond donors (Lipinski definition) is 0. The fourth-order valence-corrected chi connectivity index (χ4v) is 3.95. The van der Waals surface area contributed by atoms with Crippen molar-refractivity contribution in [2.75, 3.05) is 25.2 Å². The Hall–Kier alpha value is -2.91. The number of methoxy groups -OCH3 is 1. The van der Waals surface area contributed by atoms with Gasteiger partial charge in [-0.05, 0) is 48.9 Å². The second-order valence-corrected chi connectivity index (χ2v) is 7.68. The summed E-state index contributed by atoms with van der Waals surface area (Å²) in [4.78, 5) is 25.8. The second kappa shape index (κ2) is 9.73. The first-order valence-corrected chi connectivity index (χ1v) is 10.2. The van der Waals surface area contributed by atoms with Crippen LogP contribution in [0.4, 0.5) is 10.1 Å². The number of carbonyl (C=O) groups excluding carboxylic acids is 2. The van der Waals surface area contributed by atoms with Crippen LogP contribution in [0.2, 0.25) is 0 Å². The van der Waals surface area contributed by atoms with Gasteiger partial charge in [-0.1, -0.05) is 36.1 Å². The van der Waals surface area contributed by atoms with Crippen LogP contribution in [0.3, 0.4) is 0 Å². The summed E-state index contributed by atoms with van der Waals surface area (Å²) < 4.78 is 29.5. The van der Waals surface area contributed by atoms with Crippen LogP contribution < -0.4 is 14.4 Å². The normalized spacial score (nSPS) is 14.9. The molecule has 1 amide bonds. The number of halogens is 1. The van der Waals surface area contributed by atoms with Crippen molar-refractivity contribution < 1.29 is 28.2 Å². The summed E-state index contributed by atoms with van der Waals surface area (Å²) in [7, 11) is 1.28. The summed E-state index contributed by atoms with van der Waals surface area (Å²) in [5.74, 6) is -0.487. The number of hydrogen-bond acceptors (Lipinski definition) is 7. The summed E-state index contributed by atoms with van der Waals surface area (Å²) >= 11 is 6.44. The van der Waals surface area contributed by atoms with Gasteiger partial charge in [0.1, 0.15) is 5.82 Å². The van der Waals surface area contributed by atoms with E-state index in [1.54, 1.807) is 30.3 Å². The Morgan fingerprint density at radius 3 is 2.70 bits per heavy atom. The Morgan fingerprint density at radius 1 is 1.20 bits per heavy atom. The van der Waals surface area contributed by atoms with Crippen molar-refractivity contribution in [2.24, 2.45) is 0 Å². The lowest BCUT2D eigenvalue weighted by molar-refractivity contribution is -0.142. The molecule has 0 N–H and O–H groups in total. The molecule has 1 saturated heterocycles. The second-order valence-electron chi connectivity index (χ2n) is 6.00. The monoisotopic (exact) mass is 447 g/mol. The van der Waals surface area contributed by atoms with Gasteiger partial charge in [-0.2, -0.15) is 0 Å². The van der Waals surface area contributed by atoms with E-state index in [-0.39, 0.29) is 12.5 Å². The number of carbonyl (C=O) groups is 2. The highest BCUT2D eigenvalue weighted by Gasteiger charge is 2.33. The third-order valence-electron chi connectivity index (χ3n) is 4.00. The highest BCUT2D eigenvalue weighted by atomic mass is 32.2. The maximum absolute atomic E-state index is 13.6. The molecule has 0 aliphatic carbocycles. The van der Waals surface area contributed by atoms with Gasteiger partial charge in [-0.15, -0.1) is 0 Å². The minimum absolute atomic E-state index is 0.248. The lowest BCUT2D eigenvalue weighted by Gasteiger charge is -2.14. The SMILES string of the molecule is CCOc1cc(/C=C2\SC(=S)N(c3cccc(F)c3)C2=O)ccc1OCC(=O)OC. The van der Waals surface area contributed by atoms with Crippen LogP contribution in [0.1, 0.15) is 12.5 Å². The number of anilines is 1. The molecular formula is C21H18FNO5S2. The highest BCUT2D eigenvalue weighted by molar-refractivity contribution is 8.27. The summed E-state index contributed by atoms with van der Waals surface area (Å²) in [5.41, 5.74) is 1.06. The van der Waals surface area contributed by atoms with E-state index in [0.717, 1.165) is 11.8 Å². The Balaban J connectivity index is 1.85. The van der Waals surface area contributed by atoms with Crippen molar-refractivity contribution in [3.8, 4) is 11.5 Å². The standard InChI is InChI=1S/C21H18FNO5S2/c1-3-27-17-9-13(7-8-16(17)28-12-19(24)26-2)10-18-20(25)23(21(29)30-18)15-6-4-5-14(22)11-15/h4-11H,3,12H2,1-2H3/b18-10-. The highest BCUT2D eigenvalue weighted by Crippen LogP contribution is 2.37. The molecule has 0 aromatic heterocycles. The molecule has 0 spiro atoms. The predicted octanol–water partition coefficient (Wildman–Crippen LogP) is 4.18. The number of thioether (sulfide) groups is 1. The molecule has 0 radical (unpaired) electrons. The van der Waals surface area contributed by atoms with Gasteiger partial charge in [0, 0.05) is 0 Å². The number of rotatable bonds is 7. The van der Waals surface area contributed by atoms with Crippen molar-refractivity contribution in [3.63, 3.8) is 0 Å². The molecule has 30 heavy (non-hydrogen) atoms. The van der Waals surface area contributed by atoms with E-state index < -0.39 is 11.8 Å². The first-order valence-electron chi connectivity index (χ1n) is 8.93. The summed E-state index contributed by atoms with van der Waals surface area (Å²) in [6, 6.07) is 10.8. The van der Waals surface area contributed by atoms with Gasteiger partial charge in [0.25, 0.3) is 5.91 Å². The van der Waals surface area contributed by atoms with Crippen LogP contribution in [0.15, 0.2) is 47.4 Å². The number of thiocarbonyl (C=S) groups is 1. The van der Waals surface area contributed by atoms with Crippen LogP contribution in [0.5, 0.6) is 11.5 Å². The molecule has 0 atom stereocenters. The number of amides is 1. The Kier molecular flexibility index (Phi) is 7.07. The smallest absolute Gasteiger partial charge is 0.343 e. The molecule has 1 aliphatic rings. The zero-order chi connectivity index (χ0) is 21.7. The predicted molar refractivity (Wildman–Crippen MR) is 117 cm³/mol. The van der Waals surface area contributed by atoms with Gasteiger partial charge >= 0.3 is 5.97 Å². The molecule has 2 aromatic rings. The van der Waals surface area contributed by atoms with E-state index in [1.165, 1.54) is 30.2 Å². The van der Waals surface area contributed by atoms with E-state index in [4.69, 9.17) is 21.7 Å². The lowest BCUT2D eigenvalue weighted by Crippen LogP contribution is -2.27. The Bertz CT molecular complexity index is 1020. The summed E-state index contributed by atoms with van der Waals surface area (Å²) in [5, 5.41) is 0. The van der Waals surface area contributed by atoms with Crippen LogP contribution in [-0.2, 0) is 14.3 Å². The molecule has 1 aliphatic heterocycles. The van der Waals surface area contributed by atoms with Gasteiger partial charge in [0.05, 0.1) is 24.3 Å². The maximum Gasteiger partial charge on any atom is 0.343 e.